The molecule has 32 heavy (non-hydrogen) atoms. The zero-order valence-electron chi connectivity index (χ0n) is 18.2. The summed E-state index contributed by atoms with van der Waals surface area (Å²) in [6.45, 7) is 4.79. The van der Waals surface area contributed by atoms with Gasteiger partial charge in [-0.1, -0.05) is 49.4 Å². The molecule has 4 rings (SSSR count). The summed E-state index contributed by atoms with van der Waals surface area (Å²) in [7, 11) is 0. The van der Waals surface area contributed by atoms with E-state index in [-0.39, 0.29) is 34.3 Å². The molecule has 166 valence electrons. The summed E-state index contributed by atoms with van der Waals surface area (Å²) in [6, 6.07) is 16.7. The van der Waals surface area contributed by atoms with E-state index in [1.807, 2.05) is 23.1 Å². The Labute approximate surface area is 186 Å². The highest BCUT2D eigenvalue weighted by Crippen LogP contribution is 2.38. The number of hydrogen-bond acceptors (Lipinski definition) is 4. The number of nitrogen functional groups attached to an aromatic ring is 1. The summed E-state index contributed by atoms with van der Waals surface area (Å²) in [6.07, 6.45) is 1.65. The fraction of sp³-hybridized carbons (Fsp3) is 0.280. The van der Waals surface area contributed by atoms with Gasteiger partial charge in [-0.3, -0.25) is 5.41 Å². The van der Waals surface area contributed by atoms with Crippen LogP contribution in [-0.2, 0) is 5.41 Å². The maximum absolute atomic E-state index is 15.0. The van der Waals surface area contributed by atoms with E-state index in [9.17, 15) is 4.39 Å². The number of nitrogens with zero attached hydrogens (tertiary/aromatic N) is 2. The number of hydrogen-bond donors (Lipinski definition) is 2. The second kappa shape index (κ2) is 8.57. The molecule has 2 aromatic carbocycles. The molecule has 1 aromatic heterocycles. The molecule has 1 saturated heterocycles. The van der Waals surface area contributed by atoms with E-state index in [1.54, 1.807) is 18.2 Å². The quantitative estimate of drug-likeness (QED) is 0.420. The fourth-order valence-corrected chi connectivity index (χ4v) is 4.08. The summed E-state index contributed by atoms with van der Waals surface area (Å²) in [4.78, 5) is 6.07. The number of aromatic nitrogens is 1. The summed E-state index contributed by atoms with van der Waals surface area (Å²) >= 11 is 0. The smallest absolute Gasteiger partial charge is 0.258 e. The molecule has 3 aromatic rings. The predicted molar refractivity (Wildman–Crippen MR) is 122 cm³/mol. The van der Waals surface area contributed by atoms with Crippen LogP contribution in [0.1, 0.15) is 36.5 Å². The van der Waals surface area contributed by atoms with Crippen LogP contribution in [0.5, 0.6) is 11.6 Å². The highest BCUT2D eigenvalue weighted by molar-refractivity contribution is 5.95. The van der Waals surface area contributed by atoms with Crippen LogP contribution in [0.3, 0.4) is 0 Å². The summed E-state index contributed by atoms with van der Waals surface area (Å²) in [5.41, 5.74) is 7.08. The van der Waals surface area contributed by atoms with Crippen LogP contribution in [0.15, 0.2) is 54.6 Å². The van der Waals surface area contributed by atoms with Crippen LogP contribution in [0, 0.1) is 24.0 Å². The SMILES string of the molecule is Cc1c(F)c(Oc2cccc(C(=N)N)c2)nc(N2CCC(C)(c3ccccc3)CC2)c1F. The van der Waals surface area contributed by atoms with E-state index in [2.05, 4.69) is 24.0 Å². The molecule has 2 heterocycles. The molecule has 0 radical (unpaired) electrons. The lowest BCUT2D eigenvalue weighted by molar-refractivity contribution is 0.356. The topological polar surface area (TPSA) is 75.2 Å². The van der Waals surface area contributed by atoms with Gasteiger partial charge in [-0.2, -0.15) is 4.98 Å². The molecular formula is C25H26F2N4O. The molecule has 0 atom stereocenters. The van der Waals surface area contributed by atoms with Crippen molar-refractivity contribution in [2.24, 2.45) is 5.73 Å². The molecule has 1 aliphatic heterocycles. The Balaban J connectivity index is 1.60. The average Bonchev–Trinajstić information content (AvgIpc) is 2.81. The number of nitrogens with one attached hydrogen (secondary N) is 1. The van der Waals surface area contributed by atoms with Crippen molar-refractivity contribution < 1.29 is 13.5 Å². The molecule has 0 aliphatic carbocycles. The van der Waals surface area contributed by atoms with Crippen molar-refractivity contribution in [1.82, 2.24) is 4.98 Å². The van der Waals surface area contributed by atoms with Crippen molar-refractivity contribution in [2.75, 3.05) is 18.0 Å². The van der Waals surface area contributed by atoms with Crippen LogP contribution in [0.4, 0.5) is 14.6 Å². The van der Waals surface area contributed by atoms with Gasteiger partial charge in [-0.15, -0.1) is 0 Å². The molecule has 1 fully saturated rings. The van der Waals surface area contributed by atoms with Gasteiger partial charge in [0.25, 0.3) is 5.88 Å². The highest BCUT2D eigenvalue weighted by Gasteiger charge is 2.34. The molecule has 0 spiro atoms. The van der Waals surface area contributed by atoms with Crippen molar-refractivity contribution >= 4 is 11.7 Å². The molecular weight excluding hydrogens is 410 g/mol. The lowest BCUT2D eigenvalue weighted by atomic mass is 9.74. The Hall–Kier alpha value is -3.48. The first-order valence-corrected chi connectivity index (χ1v) is 10.6. The standard InChI is InChI=1S/C25H26F2N4O/c1-16-20(26)23(31-13-11-25(2,12-14-31)18-8-4-3-5-9-18)30-24(21(16)27)32-19-10-6-7-17(15-19)22(28)29/h3-10,15H,11-14H2,1-2H3,(H3,28,29). The summed E-state index contributed by atoms with van der Waals surface area (Å²) in [5, 5.41) is 7.55. The Kier molecular flexibility index (Phi) is 5.82. The predicted octanol–water partition coefficient (Wildman–Crippen LogP) is 5.30. The van der Waals surface area contributed by atoms with Gasteiger partial charge in [-0.25, -0.2) is 8.78 Å². The average molecular weight is 437 g/mol. The van der Waals surface area contributed by atoms with Crippen LogP contribution >= 0.6 is 0 Å². The summed E-state index contributed by atoms with van der Waals surface area (Å²) < 4.78 is 35.4. The van der Waals surface area contributed by atoms with Gasteiger partial charge in [0.2, 0.25) is 0 Å². The lowest BCUT2D eigenvalue weighted by Gasteiger charge is -2.40. The van der Waals surface area contributed by atoms with Crippen LogP contribution in [0.2, 0.25) is 0 Å². The molecule has 0 bridgehead atoms. The number of amidine groups is 1. The Morgan fingerprint density at radius 3 is 2.41 bits per heavy atom. The maximum Gasteiger partial charge on any atom is 0.258 e. The zero-order chi connectivity index (χ0) is 22.9. The highest BCUT2D eigenvalue weighted by atomic mass is 19.1. The van der Waals surface area contributed by atoms with Gasteiger partial charge in [0.05, 0.1) is 0 Å². The Morgan fingerprint density at radius 2 is 1.75 bits per heavy atom. The van der Waals surface area contributed by atoms with Crippen molar-refractivity contribution in [1.29, 1.82) is 5.41 Å². The maximum atomic E-state index is 15.0. The minimum atomic E-state index is -0.842. The van der Waals surface area contributed by atoms with Gasteiger partial charge < -0.3 is 15.4 Å². The first-order valence-electron chi connectivity index (χ1n) is 10.6. The number of nitrogens with two attached hydrogens (primary N) is 1. The third kappa shape index (κ3) is 4.15. The van der Waals surface area contributed by atoms with Gasteiger partial charge in [0, 0.05) is 24.2 Å². The minimum Gasteiger partial charge on any atom is -0.436 e. The van der Waals surface area contributed by atoms with E-state index in [0.717, 1.165) is 12.8 Å². The van der Waals surface area contributed by atoms with Gasteiger partial charge in [0.15, 0.2) is 17.5 Å². The van der Waals surface area contributed by atoms with Crippen molar-refractivity contribution in [3.63, 3.8) is 0 Å². The molecule has 1 aliphatic rings. The monoisotopic (exact) mass is 436 g/mol. The number of anilines is 1. The number of piperidine rings is 1. The van der Waals surface area contributed by atoms with Crippen LogP contribution < -0.4 is 15.4 Å². The molecule has 7 heteroatoms. The zero-order valence-corrected chi connectivity index (χ0v) is 18.2. The third-order valence-corrected chi connectivity index (χ3v) is 6.25. The van der Waals surface area contributed by atoms with E-state index < -0.39 is 11.6 Å². The lowest BCUT2D eigenvalue weighted by Crippen LogP contribution is -2.41. The largest absolute Gasteiger partial charge is 0.436 e. The number of halogens is 2. The molecule has 5 nitrogen and oxygen atoms in total. The fourth-order valence-electron chi connectivity index (χ4n) is 4.08. The minimum absolute atomic E-state index is 0.00420. The molecule has 0 saturated carbocycles. The summed E-state index contributed by atoms with van der Waals surface area (Å²) in [5.74, 6) is -1.57. The van der Waals surface area contributed by atoms with Crippen LogP contribution in [-0.4, -0.2) is 23.9 Å². The normalized spacial score (nSPS) is 15.4. The second-order valence-corrected chi connectivity index (χ2v) is 8.45. The molecule has 3 N–H and O–H groups in total. The van der Waals surface area contributed by atoms with Gasteiger partial charge >= 0.3 is 0 Å². The molecule has 0 unspecified atom stereocenters. The van der Waals surface area contributed by atoms with Crippen molar-refractivity contribution in [2.45, 2.75) is 32.1 Å². The van der Waals surface area contributed by atoms with E-state index in [1.165, 1.54) is 18.6 Å². The van der Waals surface area contributed by atoms with Gasteiger partial charge in [0.1, 0.15) is 11.6 Å². The second-order valence-electron chi connectivity index (χ2n) is 8.45. The van der Waals surface area contributed by atoms with E-state index >= 15 is 4.39 Å². The van der Waals surface area contributed by atoms with Crippen LogP contribution in [0.25, 0.3) is 0 Å². The van der Waals surface area contributed by atoms with E-state index in [0.29, 0.717) is 18.7 Å². The van der Waals surface area contributed by atoms with Crippen molar-refractivity contribution in [3.05, 3.63) is 82.9 Å². The number of pyridine rings is 1. The van der Waals surface area contributed by atoms with Gasteiger partial charge in [-0.05, 0) is 42.9 Å². The Morgan fingerprint density at radius 1 is 1.06 bits per heavy atom. The number of rotatable bonds is 5. The first kappa shape index (κ1) is 21.7. The van der Waals surface area contributed by atoms with E-state index in [4.69, 9.17) is 15.9 Å². The third-order valence-electron chi connectivity index (χ3n) is 6.25. The first-order chi connectivity index (χ1) is 15.3. The number of ether oxygens (including phenoxy) is 1. The van der Waals surface area contributed by atoms with Crippen molar-refractivity contribution in [3.8, 4) is 11.6 Å². The Bertz CT molecular complexity index is 1140. The molecule has 0 amide bonds. The number of benzene rings is 2.